The van der Waals surface area contributed by atoms with Crippen molar-refractivity contribution in [3.05, 3.63) is 48.5 Å². The van der Waals surface area contributed by atoms with Crippen molar-refractivity contribution in [2.75, 3.05) is 26.0 Å². The normalized spacial score (nSPS) is 16.7. The molecular weight excluding hydrogens is 368 g/mol. The van der Waals surface area contributed by atoms with Gasteiger partial charge in [0.2, 0.25) is 11.9 Å². The Labute approximate surface area is 167 Å². The molecule has 0 saturated carbocycles. The van der Waals surface area contributed by atoms with Crippen molar-refractivity contribution < 1.29 is 9.53 Å². The highest BCUT2D eigenvalue weighted by molar-refractivity contribution is 5.93. The van der Waals surface area contributed by atoms with Gasteiger partial charge in [-0.1, -0.05) is 24.3 Å². The molecule has 5 rings (SSSR count). The predicted octanol–water partition coefficient (Wildman–Crippen LogP) is 2.60. The molecule has 3 heterocycles. The van der Waals surface area contributed by atoms with Gasteiger partial charge in [0.05, 0.1) is 12.6 Å². The number of carbonyl (C=O) groups excluding carboxylic acids is 1. The van der Waals surface area contributed by atoms with E-state index in [2.05, 4.69) is 5.32 Å². The quantitative estimate of drug-likeness (QED) is 0.578. The van der Waals surface area contributed by atoms with Crippen molar-refractivity contribution in [2.45, 2.75) is 12.5 Å². The molecule has 8 heteroatoms. The summed E-state index contributed by atoms with van der Waals surface area (Å²) in [6.45, 7) is 0.722. The van der Waals surface area contributed by atoms with E-state index in [1.165, 1.54) is 0 Å². The number of carbonyl (C=O) groups is 1. The van der Waals surface area contributed by atoms with Crippen molar-refractivity contribution in [1.82, 2.24) is 24.5 Å². The van der Waals surface area contributed by atoms with Crippen LogP contribution in [0.1, 0.15) is 6.42 Å². The summed E-state index contributed by atoms with van der Waals surface area (Å²) in [5.41, 5.74) is 2.33. The first kappa shape index (κ1) is 17.4. The molecule has 1 N–H and O–H groups in total. The Morgan fingerprint density at radius 2 is 2.00 bits per heavy atom. The molecule has 1 atom stereocenters. The number of para-hydroxylation sites is 1. The molecule has 1 amide bonds. The first-order valence-corrected chi connectivity index (χ1v) is 9.45. The maximum atomic E-state index is 12.4. The summed E-state index contributed by atoms with van der Waals surface area (Å²) in [5, 5.41) is 8.87. The molecule has 2 aromatic heterocycles. The molecule has 8 nitrogen and oxygen atoms in total. The standard InChI is InChI=1S/C21H20N6O2/c1-26-11-10-17(20(26)28)23-21-22-16-9-4-3-8-15(16)19-24-18(25-27(19)21)13-6-5-7-14(12-13)29-2/h3-9,12,17H,10-11H2,1-2H3,(H,22,23)/t17-/m0/s1. The SMILES string of the molecule is COc1cccc(-c2nc3c4ccccc4nc(N[C@H]4CCN(C)C4=O)n3n2)c1. The van der Waals surface area contributed by atoms with Crippen LogP contribution in [0.2, 0.25) is 0 Å². The second-order valence-corrected chi connectivity index (χ2v) is 7.10. The van der Waals surface area contributed by atoms with Gasteiger partial charge in [-0.15, -0.1) is 5.10 Å². The zero-order valence-corrected chi connectivity index (χ0v) is 16.2. The average molecular weight is 388 g/mol. The summed E-state index contributed by atoms with van der Waals surface area (Å²) in [4.78, 5) is 23.6. The fourth-order valence-corrected chi connectivity index (χ4v) is 3.65. The van der Waals surface area contributed by atoms with Crippen LogP contribution in [0.3, 0.4) is 0 Å². The van der Waals surface area contributed by atoms with Crippen LogP contribution in [-0.4, -0.2) is 57.1 Å². The largest absolute Gasteiger partial charge is 0.497 e. The van der Waals surface area contributed by atoms with Gasteiger partial charge in [-0.05, 0) is 30.7 Å². The first-order chi connectivity index (χ1) is 14.1. The van der Waals surface area contributed by atoms with Crippen molar-refractivity contribution >= 4 is 28.4 Å². The molecular formula is C21H20N6O2. The van der Waals surface area contributed by atoms with Gasteiger partial charge in [0, 0.05) is 24.5 Å². The molecule has 1 saturated heterocycles. The van der Waals surface area contributed by atoms with Gasteiger partial charge in [0.15, 0.2) is 11.5 Å². The van der Waals surface area contributed by atoms with E-state index in [-0.39, 0.29) is 11.9 Å². The minimum absolute atomic E-state index is 0.0567. The van der Waals surface area contributed by atoms with Crippen molar-refractivity contribution in [2.24, 2.45) is 0 Å². The van der Waals surface area contributed by atoms with Gasteiger partial charge in [-0.2, -0.15) is 4.52 Å². The number of hydrogen-bond donors (Lipinski definition) is 1. The van der Waals surface area contributed by atoms with Gasteiger partial charge < -0.3 is 15.0 Å². The Balaban J connectivity index is 1.67. The van der Waals surface area contributed by atoms with Crippen LogP contribution >= 0.6 is 0 Å². The number of amides is 1. The second kappa shape index (κ2) is 6.73. The monoisotopic (exact) mass is 388 g/mol. The van der Waals surface area contributed by atoms with Crippen LogP contribution in [0.15, 0.2) is 48.5 Å². The number of ether oxygens (including phenoxy) is 1. The summed E-state index contributed by atoms with van der Waals surface area (Å²) < 4.78 is 7.01. The number of anilines is 1. The van der Waals surface area contributed by atoms with Gasteiger partial charge in [-0.25, -0.2) is 9.97 Å². The van der Waals surface area contributed by atoms with Crippen molar-refractivity contribution in [3.63, 3.8) is 0 Å². The Kier molecular flexibility index (Phi) is 4.04. The Hall–Kier alpha value is -3.68. The summed E-state index contributed by atoms with van der Waals surface area (Å²) in [6, 6.07) is 15.1. The highest BCUT2D eigenvalue weighted by Gasteiger charge is 2.30. The Morgan fingerprint density at radius 3 is 2.79 bits per heavy atom. The topological polar surface area (TPSA) is 84.7 Å². The molecule has 0 aliphatic carbocycles. The Morgan fingerprint density at radius 1 is 1.14 bits per heavy atom. The van der Waals surface area contributed by atoms with E-state index in [4.69, 9.17) is 19.8 Å². The number of nitrogens with zero attached hydrogens (tertiary/aromatic N) is 5. The third kappa shape index (κ3) is 2.93. The highest BCUT2D eigenvalue weighted by Crippen LogP contribution is 2.26. The third-order valence-corrected chi connectivity index (χ3v) is 5.24. The number of aromatic nitrogens is 4. The maximum Gasteiger partial charge on any atom is 0.244 e. The van der Waals surface area contributed by atoms with Crippen LogP contribution in [0, 0.1) is 0 Å². The smallest absolute Gasteiger partial charge is 0.244 e. The van der Waals surface area contributed by atoms with Gasteiger partial charge in [0.25, 0.3) is 0 Å². The lowest BCUT2D eigenvalue weighted by molar-refractivity contribution is -0.127. The zero-order valence-electron chi connectivity index (χ0n) is 16.2. The maximum absolute atomic E-state index is 12.4. The summed E-state index contributed by atoms with van der Waals surface area (Å²) in [7, 11) is 3.44. The van der Waals surface area contributed by atoms with Crippen LogP contribution in [0.5, 0.6) is 5.75 Å². The van der Waals surface area contributed by atoms with Crippen LogP contribution in [0.4, 0.5) is 5.95 Å². The van der Waals surface area contributed by atoms with Gasteiger partial charge in [0.1, 0.15) is 11.8 Å². The van der Waals surface area contributed by atoms with Gasteiger partial charge >= 0.3 is 0 Å². The predicted molar refractivity (Wildman–Crippen MR) is 110 cm³/mol. The number of fused-ring (bicyclic) bond motifs is 3. The fourth-order valence-electron chi connectivity index (χ4n) is 3.65. The summed E-state index contributed by atoms with van der Waals surface area (Å²) in [5.74, 6) is 1.87. The number of benzene rings is 2. The number of hydrogen-bond acceptors (Lipinski definition) is 6. The lowest BCUT2D eigenvalue weighted by Crippen LogP contribution is -2.32. The molecule has 0 radical (unpaired) electrons. The molecule has 1 fully saturated rings. The lowest BCUT2D eigenvalue weighted by atomic mass is 10.2. The van der Waals surface area contributed by atoms with E-state index in [1.807, 2.05) is 55.6 Å². The minimum atomic E-state index is -0.318. The van der Waals surface area contributed by atoms with Crippen LogP contribution < -0.4 is 10.1 Å². The fraction of sp³-hybridized carbons (Fsp3) is 0.238. The molecule has 0 unspecified atom stereocenters. The molecule has 1 aliphatic heterocycles. The summed E-state index contributed by atoms with van der Waals surface area (Å²) in [6.07, 6.45) is 0.725. The van der Waals surface area contributed by atoms with E-state index in [0.717, 1.165) is 35.2 Å². The number of nitrogens with one attached hydrogen (secondary N) is 1. The lowest BCUT2D eigenvalue weighted by Gasteiger charge is -2.14. The highest BCUT2D eigenvalue weighted by atomic mass is 16.5. The third-order valence-electron chi connectivity index (χ3n) is 5.24. The average Bonchev–Trinajstić information content (AvgIpc) is 3.34. The van der Waals surface area contributed by atoms with E-state index in [0.29, 0.717) is 17.4 Å². The Bertz CT molecular complexity index is 1230. The van der Waals surface area contributed by atoms with E-state index >= 15 is 0 Å². The number of methoxy groups -OCH3 is 1. The number of rotatable bonds is 4. The van der Waals surface area contributed by atoms with E-state index in [9.17, 15) is 4.79 Å². The molecule has 1 aliphatic rings. The van der Waals surface area contributed by atoms with Crippen molar-refractivity contribution in [1.29, 1.82) is 0 Å². The molecule has 146 valence electrons. The number of likely N-dealkylation sites (tertiary alicyclic amines) is 1. The van der Waals surface area contributed by atoms with Crippen molar-refractivity contribution in [3.8, 4) is 17.1 Å². The second-order valence-electron chi connectivity index (χ2n) is 7.10. The molecule has 0 spiro atoms. The van der Waals surface area contributed by atoms with E-state index < -0.39 is 0 Å². The minimum Gasteiger partial charge on any atom is -0.497 e. The van der Waals surface area contributed by atoms with Gasteiger partial charge in [-0.3, -0.25) is 4.79 Å². The first-order valence-electron chi connectivity index (χ1n) is 9.45. The molecule has 2 aromatic carbocycles. The van der Waals surface area contributed by atoms with E-state index in [1.54, 1.807) is 16.5 Å². The number of likely N-dealkylation sites (N-methyl/N-ethyl adjacent to an activating group) is 1. The zero-order chi connectivity index (χ0) is 20.0. The molecule has 29 heavy (non-hydrogen) atoms. The summed E-state index contributed by atoms with van der Waals surface area (Å²) >= 11 is 0. The van der Waals surface area contributed by atoms with Crippen LogP contribution in [0.25, 0.3) is 27.9 Å². The molecule has 0 bridgehead atoms. The van der Waals surface area contributed by atoms with Crippen LogP contribution in [-0.2, 0) is 4.79 Å². The molecule has 4 aromatic rings.